The monoisotopic (exact) mass is 748 g/mol. The molecule has 4 aromatic carbocycles. The first-order chi connectivity index (χ1) is 21.5. The van der Waals surface area contributed by atoms with E-state index in [1.807, 2.05) is 86.6 Å². The van der Waals surface area contributed by atoms with Gasteiger partial charge in [-0.3, -0.25) is 9.59 Å². The van der Waals surface area contributed by atoms with Crippen molar-refractivity contribution < 1.29 is 19.1 Å². The number of carbonyl (C=O) groups is 2. The van der Waals surface area contributed by atoms with Crippen LogP contribution in [0, 0.1) is 13.8 Å². The van der Waals surface area contributed by atoms with Crippen LogP contribution in [0.3, 0.4) is 0 Å². The third kappa shape index (κ3) is 9.23. The van der Waals surface area contributed by atoms with Gasteiger partial charge in [0.05, 0.1) is 0 Å². The number of halogens is 2. The van der Waals surface area contributed by atoms with Crippen LogP contribution in [0.1, 0.15) is 63.8 Å². The van der Waals surface area contributed by atoms with Crippen LogP contribution in [0.2, 0.25) is 0 Å². The number of hydrogen-bond acceptors (Lipinski definition) is 4. The third-order valence-electron chi connectivity index (χ3n) is 7.55. The molecule has 0 saturated carbocycles. The van der Waals surface area contributed by atoms with Crippen LogP contribution in [0.5, 0.6) is 11.5 Å². The summed E-state index contributed by atoms with van der Waals surface area (Å²) in [6.07, 6.45) is 0. The van der Waals surface area contributed by atoms with E-state index in [2.05, 4.69) is 84.0 Å². The second kappa shape index (κ2) is 14.4. The zero-order chi connectivity index (χ0) is 33.8. The minimum absolute atomic E-state index is 0.0931. The first-order valence-electron chi connectivity index (χ1n) is 15.2. The van der Waals surface area contributed by atoms with Gasteiger partial charge < -0.3 is 20.1 Å². The first-order valence-corrected chi connectivity index (χ1v) is 16.8. The van der Waals surface area contributed by atoms with Crippen molar-refractivity contribution in [1.82, 2.24) is 0 Å². The van der Waals surface area contributed by atoms with Gasteiger partial charge >= 0.3 is 0 Å². The van der Waals surface area contributed by atoms with Crippen molar-refractivity contribution >= 4 is 55.0 Å². The maximum absolute atomic E-state index is 12.8. The molecule has 0 unspecified atom stereocenters. The maximum Gasteiger partial charge on any atom is 0.262 e. The Kier molecular flexibility index (Phi) is 11.1. The molecule has 4 aromatic rings. The van der Waals surface area contributed by atoms with Crippen LogP contribution in [0.15, 0.2) is 81.7 Å². The fraction of sp³-hybridized carbons (Fsp3) is 0.316. The van der Waals surface area contributed by atoms with Gasteiger partial charge in [0.1, 0.15) is 11.5 Å². The highest BCUT2D eigenvalue weighted by Crippen LogP contribution is 2.35. The molecule has 0 aliphatic heterocycles. The van der Waals surface area contributed by atoms with Gasteiger partial charge in [-0.05, 0) is 108 Å². The fourth-order valence-corrected chi connectivity index (χ4v) is 5.78. The molecule has 0 spiro atoms. The lowest BCUT2D eigenvalue weighted by atomic mass is 9.86. The summed E-state index contributed by atoms with van der Waals surface area (Å²) in [6, 6.07) is 23.5. The second-order valence-electron chi connectivity index (χ2n) is 13.5. The van der Waals surface area contributed by atoms with Gasteiger partial charge in [0, 0.05) is 31.4 Å². The van der Waals surface area contributed by atoms with Crippen LogP contribution in [0.25, 0.3) is 11.1 Å². The Balaban J connectivity index is 1.37. The van der Waals surface area contributed by atoms with Crippen LogP contribution in [-0.4, -0.2) is 25.0 Å². The van der Waals surface area contributed by atoms with Crippen LogP contribution < -0.4 is 20.1 Å². The molecule has 242 valence electrons. The van der Waals surface area contributed by atoms with Gasteiger partial charge in [-0.25, -0.2) is 0 Å². The van der Waals surface area contributed by atoms with E-state index in [1.54, 1.807) is 0 Å². The lowest BCUT2D eigenvalue weighted by Crippen LogP contribution is -2.22. The normalized spacial score (nSPS) is 11.6. The number of hydrogen-bond donors (Lipinski definition) is 2. The summed E-state index contributed by atoms with van der Waals surface area (Å²) < 4.78 is 13.8. The zero-order valence-corrected chi connectivity index (χ0v) is 30.9. The highest BCUT2D eigenvalue weighted by Gasteiger charge is 2.21. The average Bonchev–Trinajstić information content (AvgIpc) is 2.97. The van der Waals surface area contributed by atoms with Gasteiger partial charge in [-0.2, -0.15) is 0 Å². The Morgan fingerprint density at radius 2 is 0.957 bits per heavy atom. The predicted molar refractivity (Wildman–Crippen MR) is 195 cm³/mol. The summed E-state index contributed by atoms with van der Waals surface area (Å²) in [5.74, 6) is 0.932. The average molecular weight is 751 g/mol. The summed E-state index contributed by atoms with van der Waals surface area (Å²) in [4.78, 5) is 25.6. The van der Waals surface area contributed by atoms with E-state index in [0.717, 1.165) is 53.7 Å². The number of anilines is 2. The first kappa shape index (κ1) is 35.2. The third-order valence-corrected chi connectivity index (χ3v) is 8.54. The summed E-state index contributed by atoms with van der Waals surface area (Å²) in [7, 11) is 0. The molecule has 0 aliphatic rings. The summed E-state index contributed by atoms with van der Waals surface area (Å²) >= 11 is 7.05. The number of ether oxygens (including phenoxy) is 2. The molecular formula is C38H42Br2N2O4. The molecule has 0 bridgehead atoms. The molecule has 0 heterocycles. The molecule has 0 atom stereocenters. The predicted octanol–water partition coefficient (Wildman–Crippen LogP) is 10.1. The molecule has 2 N–H and O–H groups in total. The Hall–Kier alpha value is -3.62. The number of rotatable bonds is 9. The quantitative estimate of drug-likeness (QED) is 0.179. The Morgan fingerprint density at radius 1 is 0.587 bits per heavy atom. The zero-order valence-electron chi connectivity index (χ0n) is 27.7. The highest BCUT2D eigenvalue weighted by atomic mass is 79.9. The van der Waals surface area contributed by atoms with Gasteiger partial charge in [-0.1, -0.05) is 85.5 Å². The summed E-state index contributed by atoms with van der Waals surface area (Å²) in [6.45, 7) is 16.4. The van der Waals surface area contributed by atoms with Crippen LogP contribution >= 0.6 is 31.9 Å². The van der Waals surface area contributed by atoms with Gasteiger partial charge in [0.2, 0.25) is 0 Å². The topological polar surface area (TPSA) is 76.7 Å². The van der Waals surface area contributed by atoms with Crippen molar-refractivity contribution in [2.24, 2.45) is 0 Å². The van der Waals surface area contributed by atoms with E-state index in [0.29, 0.717) is 11.5 Å². The van der Waals surface area contributed by atoms with Crippen molar-refractivity contribution in [2.75, 3.05) is 23.8 Å². The van der Waals surface area contributed by atoms with Crippen molar-refractivity contribution in [3.63, 3.8) is 0 Å². The molecule has 4 rings (SSSR count). The molecule has 6 nitrogen and oxygen atoms in total. The molecular weight excluding hydrogens is 708 g/mol. The standard InChI is InChI=1S/C38H42Br2N2O4/c1-23-17-25(9-13-31(23)41-35(43)21-45-33-15-11-27(39)19-29(33)37(3,4)5)26-10-14-32(24(2)18-26)42-36(44)22-46-34-16-12-28(40)20-30(34)38(6,7)8/h9-20H,21-22H2,1-8H3,(H,41,43)(H,42,44). The lowest BCUT2D eigenvalue weighted by molar-refractivity contribution is -0.118. The Morgan fingerprint density at radius 3 is 1.28 bits per heavy atom. The molecule has 0 aliphatic carbocycles. The minimum Gasteiger partial charge on any atom is -0.483 e. The van der Waals surface area contributed by atoms with Gasteiger partial charge in [0.25, 0.3) is 11.8 Å². The molecule has 2 amide bonds. The molecule has 0 saturated heterocycles. The maximum atomic E-state index is 12.8. The fourth-order valence-electron chi connectivity index (χ4n) is 5.05. The number of amides is 2. The number of aryl methyl sites for hydroxylation is 2. The largest absolute Gasteiger partial charge is 0.483 e. The van der Waals surface area contributed by atoms with Crippen molar-refractivity contribution in [3.05, 3.63) is 104 Å². The van der Waals surface area contributed by atoms with E-state index in [9.17, 15) is 9.59 Å². The summed E-state index contributed by atoms with van der Waals surface area (Å²) in [5.41, 5.74) is 7.12. The van der Waals surface area contributed by atoms with E-state index >= 15 is 0 Å². The lowest BCUT2D eigenvalue weighted by Gasteiger charge is -2.23. The number of benzene rings is 4. The Bertz CT molecular complexity index is 1620. The Labute approximate surface area is 289 Å². The molecule has 0 radical (unpaired) electrons. The van der Waals surface area contributed by atoms with Crippen LogP contribution in [0.4, 0.5) is 11.4 Å². The number of nitrogens with one attached hydrogen (secondary N) is 2. The molecule has 8 heteroatoms. The smallest absolute Gasteiger partial charge is 0.262 e. The number of carbonyl (C=O) groups excluding carboxylic acids is 2. The molecule has 0 fully saturated rings. The molecule has 46 heavy (non-hydrogen) atoms. The van der Waals surface area contributed by atoms with E-state index < -0.39 is 0 Å². The van der Waals surface area contributed by atoms with Crippen molar-refractivity contribution in [1.29, 1.82) is 0 Å². The van der Waals surface area contributed by atoms with E-state index in [-0.39, 0.29) is 35.9 Å². The van der Waals surface area contributed by atoms with E-state index in [4.69, 9.17) is 9.47 Å². The van der Waals surface area contributed by atoms with Crippen molar-refractivity contribution in [3.8, 4) is 22.6 Å². The van der Waals surface area contributed by atoms with Crippen LogP contribution in [-0.2, 0) is 20.4 Å². The van der Waals surface area contributed by atoms with Crippen molar-refractivity contribution in [2.45, 2.75) is 66.2 Å². The highest BCUT2D eigenvalue weighted by molar-refractivity contribution is 9.10. The SMILES string of the molecule is Cc1cc(-c2ccc(NC(=O)COc3ccc(Br)cc3C(C)(C)C)c(C)c2)ccc1NC(=O)COc1ccc(Br)cc1C(C)(C)C. The molecule has 0 aromatic heterocycles. The van der Waals surface area contributed by atoms with Gasteiger partial charge in [0.15, 0.2) is 13.2 Å². The van der Waals surface area contributed by atoms with Gasteiger partial charge in [-0.15, -0.1) is 0 Å². The summed E-state index contributed by atoms with van der Waals surface area (Å²) in [5, 5.41) is 5.95. The van der Waals surface area contributed by atoms with E-state index in [1.165, 1.54) is 0 Å². The minimum atomic E-state index is -0.228. The second-order valence-corrected chi connectivity index (χ2v) is 15.3.